The third-order valence-corrected chi connectivity index (χ3v) is 5.61. The lowest BCUT2D eigenvalue weighted by atomic mass is 9.88. The second kappa shape index (κ2) is 6.71. The Morgan fingerprint density at radius 1 is 1.36 bits per heavy atom. The van der Waals surface area contributed by atoms with Gasteiger partial charge in [0, 0.05) is 28.6 Å². The molecule has 1 aromatic carbocycles. The van der Waals surface area contributed by atoms with Crippen LogP contribution in [0.15, 0.2) is 35.7 Å². The first-order chi connectivity index (χ1) is 10.0. The number of aliphatic carboxylic acids is 1. The van der Waals surface area contributed by atoms with E-state index in [1.807, 2.05) is 17.0 Å². The van der Waals surface area contributed by atoms with Crippen molar-refractivity contribution in [2.75, 3.05) is 6.54 Å². The lowest BCUT2D eigenvalue weighted by molar-refractivity contribution is -0.152. The largest absolute Gasteiger partial charge is 0.480 e. The Labute approximate surface area is 149 Å². The number of hydrogen-bond donors (Lipinski definition) is 1. The van der Waals surface area contributed by atoms with E-state index in [2.05, 4.69) is 11.4 Å². The van der Waals surface area contributed by atoms with Crippen LogP contribution in [0.4, 0.5) is 0 Å². The summed E-state index contributed by atoms with van der Waals surface area (Å²) in [5.41, 5.74) is 0.765. The first kappa shape index (κ1) is 17.5. The smallest absolute Gasteiger partial charge is 0.328 e. The lowest BCUT2D eigenvalue weighted by Gasteiger charge is -2.40. The number of carboxylic acids is 1. The molecule has 0 unspecified atom stereocenters. The van der Waals surface area contributed by atoms with Crippen LogP contribution in [0.5, 0.6) is 0 Å². The molecule has 2 heterocycles. The summed E-state index contributed by atoms with van der Waals surface area (Å²) < 4.78 is 0. The van der Waals surface area contributed by atoms with Gasteiger partial charge in [-0.3, -0.25) is 4.90 Å². The van der Waals surface area contributed by atoms with Gasteiger partial charge in [0.1, 0.15) is 5.54 Å². The maximum absolute atomic E-state index is 12.0. The minimum atomic E-state index is -1.11. The topological polar surface area (TPSA) is 40.5 Å². The van der Waals surface area contributed by atoms with Crippen molar-refractivity contribution in [1.29, 1.82) is 0 Å². The van der Waals surface area contributed by atoms with E-state index in [4.69, 9.17) is 11.6 Å². The summed E-state index contributed by atoms with van der Waals surface area (Å²) >= 11 is 8.01. The summed E-state index contributed by atoms with van der Waals surface area (Å²) in [6.45, 7) is 3.11. The summed E-state index contributed by atoms with van der Waals surface area (Å²) in [4.78, 5) is 15.4. The van der Waals surface area contributed by atoms with Crippen LogP contribution < -0.4 is 0 Å². The van der Waals surface area contributed by atoms with Gasteiger partial charge >= 0.3 is 5.97 Å². The van der Waals surface area contributed by atoms with Crippen molar-refractivity contribution in [1.82, 2.24) is 4.90 Å². The fourth-order valence-corrected chi connectivity index (χ4v) is 4.12. The van der Waals surface area contributed by atoms with Crippen molar-refractivity contribution >= 4 is 45.9 Å². The number of rotatable bonds is 3. The summed E-state index contributed by atoms with van der Waals surface area (Å²) in [5.74, 6) is -0.866. The number of nitrogens with zero attached hydrogens (tertiary/aromatic N) is 1. The lowest BCUT2D eigenvalue weighted by Crippen LogP contribution is -2.51. The molecule has 1 aliphatic rings. The number of halogens is 2. The molecule has 118 valence electrons. The molecule has 22 heavy (non-hydrogen) atoms. The van der Waals surface area contributed by atoms with E-state index in [0.29, 0.717) is 17.1 Å². The molecule has 1 N–H and O–H groups in total. The molecule has 0 radical (unpaired) electrons. The van der Waals surface area contributed by atoms with Crippen LogP contribution in [-0.4, -0.2) is 22.5 Å². The zero-order valence-corrected chi connectivity index (χ0v) is 15.4. The molecule has 1 aromatic heterocycles. The van der Waals surface area contributed by atoms with Gasteiger partial charge in [0.25, 0.3) is 0 Å². The molecule has 0 aliphatic carbocycles. The SMILES string of the molecule is Br.C[C@@](C(=O)O)(c1ccccc1Cl)N1CCc2sccc2C1. The predicted octanol–water partition coefficient (Wildman–Crippen LogP) is 4.34. The van der Waals surface area contributed by atoms with Crippen LogP contribution in [0.25, 0.3) is 0 Å². The third kappa shape index (κ3) is 2.83. The quantitative estimate of drug-likeness (QED) is 0.830. The minimum absolute atomic E-state index is 0. The van der Waals surface area contributed by atoms with Crippen LogP contribution in [0, 0.1) is 0 Å². The summed E-state index contributed by atoms with van der Waals surface area (Å²) in [6, 6.07) is 9.29. The summed E-state index contributed by atoms with van der Waals surface area (Å²) in [5, 5.41) is 12.4. The standard InChI is InChI=1S/C16H16ClNO2S.BrH/c1-16(15(19)20,12-4-2-3-5-13(12)17)18-8-6-14-11(10-18)7-9-21-14;/h2-5,7,9H,6,8,10H2,1H3,(H,19,20);1H/t16-;/m0./s1. The molecule has 0 amide bonds. The third-order valence-electron chi connectivity index (χ3n) is 4.25. The van der Waals surface area contributed by atoms with Gasteiger partial charge in [0.15, 0.2) is 0 Å². The predicted molar refractivity (Wildman–Crippen MR) is 95.2 cm³/mol. The number of carboxylic acid groups (broad SMARTS) is 1. The highest BCUT2D eigenvalue weighted by molar-refractivity contribution is 8.93. The van der Waals surface area contributed by atoms with Crippen LogP contribution in [0.3, 0.4) is 0 Å². The summed E-state index contributed by atoms with van der Waals surface area (Å²) in [7, 11) is 0. The van der Waals surface area contributed by atoms with E-state index in [9.17, 15) is 9.90 Å². The molecular weight excluding hydrogens is 386 g/mol. The Morgan fingerprint density at radius 3 is 2.77 bits per heavy atom. The van der Waals surface area contributed by atoms with Crippen molar-refractivity contribution in [2.45, 2.75) is 25.4 Å². The van der Waals surface area contributed by atoms with Gasteiger partial charge < -0.3 is 5.11 Å². The molecule has 3 rings (SSSR count). The molecule has 6 heteroatoms. The first-order valence-electron chi connectivity index (χ1n) is 6.82. The van der Waals surface area contributed by atoms with Crippen molar-refractivity contribution in [3.05, 3.63) is 56.7 Å². The maximum Gasteiger partial charge on any atom is 0.328 e. The van der Waals surface area contributed by atoms with Crippen molar-refractivity contribution in [3.8, 4) is 0 Å². The number of hydrogen-bond acceptors (Lipinski definition) is 3. The molecule has 0 saturated carbocycles. The number of benzene rings is 1. The molecule has 1 atom stereocenters. The minimum Gasteiger partial charge on any atom is -0.480 e. The second-order valence-electron chi connectivity index (χ2n) is 5.40. The zero-order chi connectivity index (χ0) is 15.0. The van der Waals surface area contributed by atoms with Gasteiger partial charge in [-0.25, -0.2) is 4.79 Å². The van der Waals surface area contributed by atoms with Crippen LogP contribution >= 0.6 is 39.9 Å². The Hall–Kier alpha value is -0.880. The van der Waals surface area contributed by atoms with Gasteiger partial charge in [-0.2, -0.15) is 0 Å². The highest BCUT2D eigenvalue weighted by Crippen LogP contribution is 2.37. The Balaban J connectivity index is 0.00000176. The number of carbonyl (C=O) groups is 1. The Bertz CT molecular complexity index is 690. The average Bonchev–Trinajstić information content (AvgIpc) is 2.94. The fourth-order valence-electron chi connectivity index (χ4n) is 2.91. The van der Waals surface area contributed by atoms with Gasteiger partial charge in [0.05, 0.1) is 0 Å². The molecular formula is C16H17BrClNO2S. The van der Waals surface area contributed by atoms with E-state index < -0.39 is 11.5 Å². The van der Waals surface area contributed by atoms with E-state index in [-0.39, 0.29) is 17.0 Å². The molecule has 0 bridgehead atoms. The van der Waals surface area contributed by atoms with Crippen LogP contribution in [0.2, 0.25) is 5.02 Å². The van der Waals surface area contributed by atoms with Crippen LogP contribution in [0.1, 0.15) is 22.9 Å². The second-order valence-corrected chi connectivity index (χ2v) is 6.81. The Morgan fingerprint density at radius 2 is 2.09 bits per heavy atom. The highest BCUT2D eigenvalue weighted by Gasteiger charge is 2.43. The molecule has 0 spiro atoms. The monoisotopic (exact) mass is 401 g/mol. The average molecular weight is 403 g/mol. The highest BCUT2D eigenvalue weighted by atomic mass is 79.9. The van der Waals surface area contributed by atoms with Gasteiger partial charge in [-0.15, -0.1) is 28.3 Å². The Kier molecular flexibility index (Phi) is 5.33. The van der Waals surface area contributed by atoms with Gasteiger partial charge in [0.2, 0.25) is 0 Å². The molecule has 0 saturated heterocycles. The zero-order valence-electron chi connectivity index (χ0n) is 12.1. The summed E-state index contributed by atoms with van der Waals surface area (Å²) in [6.07, 6.45) is 0.889. The van der Waals surface area contributed by atoms with Crippen LogP contribution in [-0.2, 0) is 23.3 Å². The van der Waals surface area contributed by atoms with Gasteiger partial charge in [-0.1, -0.05) is 29.8 Å². The van der Waals surface area contributed by atoms with E-state index >= 15 is 0 Å². The van der Waals surface area contributed by atoms with Crippen molar-refractivity contribution < 1.29 is 9.90 Å². The van der Waals surface area contributed by atoms with E-state index in [1.165, 1.54) is 10.4 Å². The first-order valence-corrected chi connectivity index (χ1v) is 8.08. The van der Waals surface area contributed by atoms with Crippen molar-refractivity contribution in [3.63, 3.8) is 0 Å². The molecule has 3 nitrogen and oxygen atoms in total. The molecule has 1 aliphatic heterocycles. The fraction of sp³-hybridized carbons (Fsp3) is 0.312. The molecule has 0 fully saturated rings. The van der Waals surface area contributed by atoms with E-state index in [1.54, 1.807) is 30.4 Å². The number of thiophene rings is 1. The van der Waals surface area contributed by atoms with E-state index in [0.717, 1.165) is 13.0 Å². The maximum atomic E-state index is 12.0. The van der Waals surface area contributed by atoms with Crippen molar-refractivity contribution in [2.24, 2.45) is 0 Å². The molecule has 2 aromatic rings. The van der Waals surface area contributed by atoms with Gasteiger partial charge in [-0.05, 0) is 36.4 Å². The normalized spacial score (nSPS) is 17.2. The number of fused-ring (bicyclic) bond motifs is 1.